The van der Waals surface area contributed by atoms with Crippen LogP contribution in [-0.2, 0) is 16.0 Å². The molecule has 0 aliphatic carbocycles. The lowest BCUT2D eigenvalue weighted by molar-refractivity contribution is 0.0631. The number of anilines is 1. The van der Waals surface area contributed by atoms with E-state index in [1.165, 1.54) is 0 Å². The van der Waals surface area contributed by atoms with Gasteiger partial charge in [0.1, 0.15) is 11.3 Å². The van der Waals surface area contributed by atoms with Crippen molar-refractivity contribution in [2.75, 3.05) is 32.1 Å². The van der Waals surface area contributed by atoms with E-state index in [2.05, 4.69) is 5.32 Å². The third-order valence-corrected chi connectivity index (χ3v) is 5.15. The summed E-state index contributed by atoms with van der Waals surface area (Å²) in [7, 11) is 1.60. The van der Waals surface area contributed by atoms with Crippen molar-refractivity contribution in [2.24, 2.45) is 0 Å². The van der Waals surface area contributed by atoms with Crippen LogP contribution in [0.15, 0.2) is 12.1 Å². The fourth-order valence-corrected chi connectivity index (χ4v) is 3.65. The molecular formula is C19H23Cl2N3O4. The third-order valence-electron chi connectivity index (χ3n) is 4.38. The first-order chi connectivity index (χ1) is 13.1. The van der Waals surface area contributed by atoms with E-state index in [0.717, 1.165) is 0 Å². The van der Waals surface area contributed by atoms with E-state index in [1.54, 1.807) is 44.9 Å². The van der Waals surface area contributed by atoms with Crippen molar-refractivity contribution in [3.8, 4) is 0 Å². The Labute approximate surface area is 173 Å². The minimum atomic E-state index is -0.642. The van der Waals surface area contributed by atoms with Gasteiger partial charge in [0.25, 0.3) is 5.91 Å². The summed E-state index contributed by atoms with van der Waals surface area (Å²) in [6.45, 7) is 7.42. The predicted octanol–water partition coefficient (Wildman–Crippen LogP) is 4.40. The van der Waals surface area contributed by atoms with Crippen LogP contribution in [0.4, 0.5) is 10.5 Å². The first-order valence-corrected chi connectivity index (χ1v) is 9.67. The number of hydrogen-bond donors (Lipinski definition) is 1. The molecule has 2 amide bonds. The number of methoxy groups -OCH3 is 1. The number of carbonyl (C=O) groups excluding carboxylic acids is 2. The van der Waals surface area contributed by atoms with Crippen molar-refractivity contribution in [2.45, 2.75) is 32.9 Å². The molecule has 0 bridgehead atoms. The molecule has 1 aromatic carbocycles. The molecule has 28 heavy (non-hydrogen) atoms. The molecule has 2 aromatic rings. The van der Waals surface area contributed by atoms with E-state index in [1.807, 2.05) is 4.57 Å². The summed E-state index contributed by atoms with van der Waals surface area (Å²) in [5, 5.41) is 3.98. The van der Waals surface area contributed by atoms with Crippen LogP contribution in [0.3, 0.4) is 0 Å². The topological polar surface area (TPSA) is 72.8 Å². The van der Waals surface area contributed by atoms with E-state index in [9.17, 15) is 9.59 Å². The van der Waals surface area contributed by atoms with Gasteiger partial charge in [0, 0.05) is 32.1 Å². The lowest BCUT2D eigenvalue weighted by Crippen LogP contribution is -2.41. The number of fused-ring (bicyclic) bond motifs is 3. The number of ether oxygens (including phenoxy) is 2. The minimum Gasteiger partial charge on any atom is -0.444 e. The number of benzene rings is 1. The standard InChI is InChI=1S/C19H23Cl2N3O4/c1-19(2,3)28-18(26)22-13-10-12(20)15(21)16-11(13)9-14-17(25)23(7-8-27-4)5-6-24(14)16/h9-10H,5-8H2,1-4H3,(H,22,26). The van der Waals surface area contributed by atoms with Crippen molar-refractivity contribution in [1.82, 2.24) is 9.47 Å². The van der Waals surface area contributed by atoms with Gasteiger partial charge in [0.05, 0.1) is 27.9 Å². The zero-order valence-corrected chi connectivity index (χ0v) is 17.8. The average Bonchev–Trinajstić information content (AvgIpc) is 2.98. The van der Waals surface area contributed by atoms with Gasteiger partial charge in [-0.3, -0.25) is 10.1 Å². The average molecular weight is 428 g/mol. The molecule has 0 unspecified atom stereocenters. The van der Waals surface area contributed by atoms with Gasteiger partial charge in [-0.15, -0.1) is 0 Å². The number of aromatic nitrogens is 1. The summed E-state index contributed by atoms with van der Waals surface area (Å²) in [6, 6.07) is 3.29. The molecule has 1 aliphatic heterocycles. The largest absolute Gasteiger partial charge is 0.444 e. The van der Waals surface area contributed by atoms with Crippen LogP contribution in [0.1, 0.15) is 31.3 Å². The molecule has 152 valence electrons. The van der Waals surface area contributed by atoms with Crippen LogP contribution < -0.4 is 5.32 Å². The van der Waals surface area contributed by atoms with Crippen molar-refractivity contribution < 1.29 is 19.1 Å². The predicted molar refractivity (Wildman–Crippen MR) is 110 cm³/mol. The second-order valence-corrected chi connectivity index (χ2v) is 8.36. The van der Waals surface area contributed by atoms with Gasteiger partial charge in [0.15, 0.2) is 0 Å². The molecule has 7 nitrogen and oxygen atoms in total. The number of halogens is 2. The molecule has 1 aromatic heterocycles. The highest BCUT2D eigenvalue weighted by atomic mass is 35.5. The number of carbonyl (C=O) groups is 2. The smallest absolute Gasteiger partial charge is 0.412 e. The molecule has 0 saturated carbocycles. The van der Waals surface area contributed by atoms with Crippen LogP contribution in [0.5, 0.6) is 0 Å². The molecule has 0 fully saturated rings. The van der Waals surface area contributed by atoms with E-state index in [4.69, 9.17) is 32.7 Å². The summed E-state index contributed by atoms with van der Waals surface area (Å²) < 4.78 is 12.2. The van der Waals surface area contributed by atoms with Gasteiger partial charge in [-0.05, 0) is 32.9 Å². The lowest BCUT2D eigenvalue weighted by Gasteiger charge is -2.28. The Morgan fingerprint density at radius 1 is 1.25 bits per heavy atom. The Bertz CT molecular complexity index is 934. The monoisotopic (exact) mass is 427 g/mol. The van der Waals surface area contributed by atoms with Gasteiger partial charge in [-0.1, -0.05) is 23.2 Å². The molecule has 1 N–H and O–H groups in total. The van der Waals surface area contributed by atoms with Crippen molar-refractivity contribution in [3.63, 3.8) is 0 Å². The zero-order chi connectivity index (χ0) is 20.6. The Morgan fingerprint density at radius 2 is 1.96 bits per heavy atom. The molecular weight excluding hydrogens is 405 g/mol. The first-order valence-electron chi connectivity index (χ1n) is 8.92. The Hall–Kier alpha value is -1.96. The summed E-state index contributed by atoms with van der Waals surface area (Å²) in [5.74, 6) is -0.116. The van der Waals surface area contributed by atoms with E-state index < -0.39 is 11.7 Å². The van der Waals surface area contributed by atoms with Crippen molar-refractivity contribution in [3.05, 3.63) is 27.9 Å². The zero-order valence-electron chi connectivity index (χ0n) is 16.3. The van der Waals surface area contributed by atoms with Crippen molar-refractivity contribution >= 4 is 51.8 Å². The summed E-state index contributed by atoms with van der Waals surface area (Å²) in [6.07, 6.45) is -0.607. The second kappa shape index (κ2) is 7.81. The molecule has 2 heterocycles. The molecule has 0 radical (unpaired) electrons. The van der Waals surface area contributed by atoms with Crippen LogP contribution >= 0.6 is 23.2 Å². The van der Waals surface area contributed by atoms with Gasteiger partial charge in [0.2, 0.25) is 0 Å². The van der Waals surface area contributed by atoms with Gasteiger partial charge >= 0.3 is 6.09 Å². The minimum absolute atomic E-state index is 0.116. The summed E-state index contributed by atoms with van der Waals surface area (Å²) in [4.78, 5) is 26.8. The lowest BCUT2D eigenvalue weighted by atomic mass is 10.2. The normalized spacial score (nSPS) is 14.4. The maximum absolute atomic E-state index is 12.9. The van der Waals surface area contributed by atoms with Crippen LogP contribution in [-0.4, -0.2) is 53.9 Å². The molecule has 0 atom stereocenters. The number of nitrogens with zero attached hydrogens (tertiary/aromatic N) is 2. The Kier molecular flexibility index (Phi) is 5.79. The molecule has 9 heteroatoms. The van der Waals surface area contributed by atoms with Crippen LogP contribution in [0.2, 0.25) is 10.0 Å². The van der Waals surface area contributed by atoms with E-state index in [-0.39, 0.29) is 10.9 Å². The fraction of sp³-hybridized carbons (Fsp3) is 0.474. The quantitative estimate of drug-likeness (QED) is 0.784. The highest BCUT2D eigenvalue weighted by Crippen LogP contribution is 2.39. The SMILES string of the molecule is COCCN1CCn2c(cc3c(NC(=O)OC(C)(C)C)cc(Cl)c(Cl)c32)C1=O. The Balaban J connectivity index is 2.03. The third kappa shape index (κ3) is 4.06. The van der Waals surface area contributed by atoms with Crippen LogP contribution in [0.25, 0.3) is 10.9 Å². The Morgan fingerprint density at radius 3 is 2.61 bits per heavy atom. The first kappa shape index (κ1) is 20.8. The number of amides is 2. The number of hydrogen-bond acceptors (Lipinski definition) is 4. The van der Waals surface area contributed by atoms with Crippen molar-refractivity contribution in [1.29, 1.82) is 0 Å². The number of nitrogens with one attached hydrogen (secondary N) is 1. The van der Waals surface area contributed by atoms with Gasteiger partial charge in [-0.2, -0.15) is 0 Å². The summed E-state index contributed by atoms with van der Waals surface area (Å²) in [5.41, 5.74) is 0.914. The molecule has 0 spiro atoms. The highest BCUT2D eigenvalue weighted by molar-refractivity contribution is 6.45. The fourth-order valence-electron chi connectivity index (χ4n) is 3.20. The molecule has 1 aliphatic rings. The highest BCUT2D eigenvalue weighted by Gasteiger charge is 2.29. The second-order valence-electron chi connectivity index (χ2n) is 7.58. The number of rotatable bonds is 4. The molecule has 0 saturated heterocycles. The maximum atomic E-state index is 12.9. The van der Waals surface area contributed by atoms with E-state index >= 15 is 0 Å². The van der Waals surface area contributed by atoms with Gasteiger partial charge < -0.3 is 18.9 Å². The molecule has 3 rings (SSSR count). The van der Waals surface area contributed by atoms with E-state index in [0.29, 0.717) is 53.5 Å². The maximum Gasteiger partial charge on any atom is 0.412 e. The summed E-state index contributed by atoms with van der Waals surface area (Å²) >= 11 is 12.7. The van der Waals surface area contributed by atoms with Gasteiger partial charge in [-0.25, -0.2) is 4.79 Å². The van der Waals surface area contributed by atoms with Crippen LogP contribution in [0, 0.1) is 0 Å².